The Morgan fingerprint density at radius 3 is 1.35 bits per heavy atom. The first-order valence-corrected chi connectivity index (χ1v) is 18.4. The van der Waals surface area contributed by atoms with E-state index in [1.807, 2.05) is 60.7 Å². The van der Waals surface area contributed by atoms with Crippen LogP contribution in [0.4, 0.5) is 4.11 Å². The molecule has 0 unspecified atom stereocenters. The molecule has 0 aromatic heterocycles. The molecule has 0 heterocycles. The Bertz CT molecular complexity index is 628. The Morgan fingerprint density at radius 2 is 1.04 bits per heavy atom. The predicted molar refractivity (Wildman–Crippen MR) is 117 cm³/mol. The standard InChI is InChI=1S/C20H32FNOSi3/c1-24(2,3)22(25(4,5)6)23-26(21,17-19-13-9-7-10-14-19)18-20-15-11-8-12-16-20/h7-16H,17-18H2,1-6H3. The highest BCUT2D eigenvalue weighted by molar-refractivity contribution is 6.89. The van der Waals surface area contributed by atoms with Crippen molar-refractivity contribution in [1.82, 2.24) is 4.39 Å². The predicted octanol–water partition coefficient (Wildman–Crippen LogP) is 5.87. The quantitative estimate of drug-likeness (QED) is 0.309. The molecular weight excluding hydrogens is 373 g/mol. The Kier molecular flexibility index (Phi) is 6.79. The highest BCUT2D eigenvalue weighted by Crippen LogP contribution is 2.28. The molecule has 0 N–H and O–H groups in total. The number of halogens is 1. The largest absolute Gasteiger partial charge is 0.407 e. The molecule has 0 bridgehead atoms. The van der Waals surface area contributed by atoms with Gasteiger partial charge in [0.05, 0.1) is 0 Å². The molecule has 2 rings (SSSR count). The lowest BCUT2D eigenvalue weighted by atomic mass is 10.2. The monoisotopic (exact) mass is 405 g/mol. The van der Waals surface area contributed by atoms with Gasteiger partial charge < -0.3 is 4.53 Å². The average molecular weight is 406 g/mol. The van der Waals surface area contributed by atoms with Crippen molar-refractivity contribution in [1.29, 1.82) is 0 Å². The van der Waals surface area contributed by atoms with Gasteiger partial charge in [0.2, 0.25) is 0 Å². The van der Waals surface area contributed by atoms with Gasteiger partial charge in [-0.15, -0.1) is 0 Å². The summed E-state index contributed by atoms with van der Waals surface area (Å²) in [6.07, 6.45) is 0. The fraction of sp³-hybridized carbons (Fsp3) is 0.400. The number of benzene rings is 2. The van der Waals surface area contributed by atoms with Gasteiger partial charge in [-0.3, -0.25) is 4.11 Å². The lowest BCUT2D eigenvalue weighted by Crippen LogP contribution is -2.63. The van der Waals surface area contributed by atoms with Crippen molar-refractivity contribution in [3.05, 3.63) is 71.8 Å². The van der Waals surface area contributed by atoms with Crippen LogP contribution in [0.3, 0.4) is 0 Å². The highest BCUT2D eigenvalue weighted by Gasteiger charge is 2.46. The number of hydrogen-bond acceptors (Lipinski definition) is 2. The molecular formula is C20H32FNOSi3. The second kappa shape index (κ2) is 8.31. The summed E-state index contributed by atoms with van der Waals surface area (Å²) in [6.45, 7) is 13.4. The first kappa shape index (κ1) is 21.2. The van der Waals surface area contributed by atoms with Gasteiger partial charge in [0.25, 0.3) is 0 Å². The molecule has 0 aliphatic rings. The Labute approximate surface area is 161 Å². The average Bonchev–Trinajstić information content (AvgIpc) is 2.52. The van der Waals surface area contributed by atoms with Gasteiger partial charge in [-0.1, -0.05) is 99.9 Å². The van der Waals surface area contributed by atoms with Crippen molar-refractivity contribution in [2.75, 3.05) is 0 Å². The lowest BCUT2D eigenvalue weighted by Gasteiger charge is -2.45. The first-order valence-electron chi connectivity index (χ1n) is 9.26. The number of nitrogens with zero attached hydrogens (tertiary/aromatic N) is 1. The molecule has 2 nitrogen and oxygen atoms in total. The third-order valence-electron chi connectivity index (χ3n) is 4.10. The minimum atomic E-state index is -3.52. The van der Waals surface area contributed by atoms with Crippen LogP contribution in [0.15, 0.2) is 60.7 Å². The Hall–Kier alpha value is -1.06. The third kappa shape index (κ3) is 6.28. The van der Waals surface area contributed by atoms with E-state index in [1.165, 1.54) is 0 Å². The molecule has 6 heteroatoms. The molecule has 0 aliphatic carbocycles. The van der Waals surface area contributed by atoms with E-state index >= 15 is 4.11 Å². The Balaban J connectivity index is 2.35. The van der Waals surface area contributed by atoms with E-state index in [1.54, 1.807) is 0 Å². The van der Waals surface area contributed by atoms with Crippen LogP contribution in [0, 0.1) is 0 Å². The second-order valence-corrected chi connectivity index (χ2v) is 21.5. The van der Waals surface area contributed by atoms with Gasteiger partial charge in [-0.05, 0) is 11.1 Å². The molecule has 0 atom stereocenters. The molecule has 0 spiro atoms. The summed E-state index contributed by atoms with van der Waals surface area (Å²) >= 11 is 0. The summed E-state index contributed by atoms with van der Waals surface area (Å²) in [7, 11) is -7.12. The molecule has 26 heavy (non-hydrogen) atoms. The van der Waals surface area contributed by atoms with Crippen LogP contribution in [0.1, 0.15) is 11.1 Å². The van der Waals surface area contributed by atoms with E-state index in [4.69, 9.17) is 4.53 Å². The Morgan fingerprint density at radius 1 is 0.692 bits per heavy atom. The van der Waals surface area contributed by atoms with Gasteiger partial charge >= 0.3 is 8.65 Å². The normalized spacial score (nSPS) is 13.2. The van der Waals surface area contributed by atoms with E-state index < -0.39 is 25.1 Å². The zero-order valence-electron chi connectivity index (χ0n) is 16.9. The van der Waals surface area contributed by atoms with Crippen molar-refractivity contribution in [3.63, 3.8) is 0 Å². The van der Waals surface area contributed by atoms with Gasteiger partial charge in [0.1, 0.15) is 16.5 Å². The minimum Gasteiger partial charge on any atom is -0.318 e. The van der Waals surface area contributed by atoms with Crippen molar-refractivity contribution < 1.29 is 8.63 Å². The van der Waals surface area contributed by atoms with E-state index in [0.29, 0.717) is 12.1 Å². The summed E-state index contributed by atoms with van der Waals surface area (Å²) in [5.74, 6) is 0. The topological polar surface area (TPSA) is 12.5 Å². The van der Waals surface area contributed by atoms with Crippen LogP contribution in [-0.4, -0.2) is 29.5 Å². The number of rotatable bonds is 8. The maximum absolute atomic E-state index is 16.4. The van der Waals surface area contributed by atoms with Crippen LogP contribution in [0.25, 0.3) is 0 Å². The fourth-order valence-electron chi connectivity index (χ4n) is 3.37. The summed E-state index contributed by atoms with van der Waals surface area (Å²) < 4.78 is 24.9. The van der Waals surface area contributed by atoms with Gasteiger partial charge in [0, 0.05) is 12.1 Å². The summed E-state index contributed by atoms with van der Waals surface area (Å²) in [5.41, 5.74) is 2.03. The van der Waals surface area contributed by atoms with Crippen LogP contribution in [-0.2, 0) is 16.6 Å². The van der Waals surface area contributed by atoms with E-state index in [9.17, 15) is 0 Å². The maximum atomic E-state index is 16.4. The van der Waals surface area contributed by atoms with E-state index in [-0.39, 0.29) is 0 Å². The lowest BCUT2D eigenvalue weighted by molar-refractivity contribution is 0.0687. The van der Waals surface area contributed by atoms with Crippen molar-refractivity contribution in [3.8, 4) is 0 Å². The zero-order valence-corrected chi connectivity index (χ0v) is 19.9. The van der Waals surface area contributed by atoms with E-state index in [2.05, 4.69) is 43.7 Å². The molecule has 0 radical (unpaired) electrons. The maximum Gasteiger partial charge on any atom is 0.407 e. The summed E-state index contributed by atoms with van der Waals surface area (Å²) in [6, 6.07) is 20.6. The van der Waals surface area contributed by atoms with Crippen LogP contribution < -0.4 is 0 Å². The van der Waals surface area contributed by atoms with Crippen LogP contribution in [0.5, 0.6) is 0 Å². The summed E-state index contributed by atoms with van der Waals surface area (Å²) in [4.78, 5) is 0. The molecule has 0 aliphatic heterocycles. The SMILES string of the molecule is C[Si](C)(C)N(O[Si](F)(Cc1ccccc1)Cc1ccccc1)[Si](C)(C)C. The van der Waals surface area contributed by atoms with Gasteiger partial charge in [-0.25, -0.2) is 4.39 Å². The van der Waals surface area contributed by atoms with Crippen molar-refractivity contribution >= 4 is 25.1 Å². The molecule has 0 saturated carbocycles. The molecule has 142 valence electrons. The fourth-order valence-corrected chi connectivity index (χ4v) is 16.9. The number of hydrogen-bond donors (Lipinski definition) is 0. The smallest absolute Gasteiger partial charge is 0.318 e. The molecule has 0 saturated heterocycles. The zero-order chi connectivity index (χ0) is 19.4. The van der Waals surface area contributed by atoms with Crippen LogP contribution in [0.2, 0.25) is 39.3 Å². The van der Waals surface area contributed by atoms with Crippen LogP contribution >= 0.6 is 0 Å². The summed E-state index contributed by atoms with van der Waals surface area (Å²) in [5, 5.41) is 0. The highest BCUT2D eigenvalue weighted by atomic mass is 28.4. The van der Waals surface area contributed by atoms with Crippen molar-refractivity contribution in [2.24, 2.45) is 0 Å². The van der Waals surface area contributed by atoms with Gasteiger partial charge in [-0.2, -0.15) is 0 Å². The molecule has 0 amide bonds. The molecule has 2 aromatic carbocycles. The van der Waals surface area contributed by atoms with E-state index in [0.717, 1.165) is 11.1 Å². The van der Waals surface area contributed by atoms with Crippen molar-refractivity contribution in [2.45, 2.75) is 51.4 Å². The second-order valence-electron chi connectivity index (χ2n) is 8.94. The van der Waals surface area contributed by atoms with Gasteiger partial charge in [0.15, 0.2) is 0 Å². The minimum absolute atomic E-state index is 0.383. The third-order valence-corrected chi connectivity index (χ3v) is 13.5. The molecule has 2 aromatic rings. The molecule has 0 fully saturated rings. The first-order chi connectivity index (χ1) is 12.0.